The van der Waals surface area contributed by atoms with Crippen LogP contribution in [0.4, 0.5) is 11.4 Å². The Labute approximate surface area is 134 Å². The van der Waals surface area contributed by atoms with Crippen molar-refractivity contribution in [2.75, 3.05) is 44.0 Å². The van der Waals surface area contributed by atoms with Crippen molar-refractivity contribution in [1.29, 1.82) is 0 Å². The van der Waals surface area contributed by atoms with Crippen molar-refractivity contribution in [3.63, 3.8) is 0 Å². The van der Waals surface area contributed by atoms with Gasteiger partial charge in [-0.3, -0.25) is 4.79 Å². The van der Waals surface area contributed by atoms with Crippen LogP contribution in [0.25, 0.3) is 0 Å². The second-order valence-electron chi connectivity index (χ2n) is 5.36. The Morgan fingerprint density at radius 3 is 2.81 bits per heavy atom. The molecule has 2 rings (SSSR count). The van der Waals surface area contributed by atoms with Crippen LogP contribution in [0.3, 0.4) is 0 Å². The zero-order valence-electron chi connectivity index (χ0n) is 12.5. The van der Waals surface area contributed by atoms with Crippen molar-refractivity contribution in [3.05, 3.63) is 22.7 Å². The first-order valence-corrected chi connectivity index (χ1v) is 7.94. The predicted octanol–water partition coefficient (Wildman–Crippen LogP) is 2.22. The molecule has 1 aromatic rings. The topological polar surface area (TPSA) is 53.6 Å². The third kappa shape index (κ3) is 4.98. The summed E-state index contributed by atoms with van der Waals surface area (Å²) in [7, 11) is 3.90. The van der Waals surface area contributed by atoms with E-state index in [-0.39, 0.29) is 18.6 Å². The lowest BCUT2D eigenvalue weighted by Gasteiger charge is -2.23. The molecule has 0 spiro atoms. The summed E-state index contributed by atoms with van der Waals surface area (Å²) >= 11 is 3.43. The summed E-state index contributed by atoms with van der Waals surface area (Å²) in [6, 6.07) is 5.82. The van der Waals surface area contributed by atoms with E-state index in [1.165, 1.54) is 0 Å². The number of nitrogens with zero attached hydrogens (tertiary/aromatic N) is 1. The van der Waals surface area contributed by atoms with E-state index in [0.29, 0.717) is 0 Å². The largest absolute Gasteiger partial charge is 0.376 e. The Hall–Kier alpha value is -1.11. The molecule has 0 atom stereocenters. The lowest BCUT2D eigenvalue weighted by Crippen LogP contribution is -2.34. The van der Waals surface area contributed by atoms with Gasteiger partial charge in [0.05, 0.1) is 17.5 Å². The molecule has 116 valence electrons. The molecule has 2 N–H and O–H groups in total. The molecule has 0 radical (unpaired) electrons. The Morgan fingerprint density at radius 2 is 2.14 bits per heavy atom. The van der Waals surface area contributed by atoms with Crippen LogP contribution in [0, 0.1) is 0 Å². The third-order valence-corrected chi connectivity index (χ3v) is 3.94. The number of benzene rings is 1. The Kier molecular flexibility index (Phi) is 6.02. The van der Waals surface area contributed by atoms with Gasteiger partial charge in [0.2, 0.25) is 5.91 Å². The lowest BCUT2D eigenvalue weighted by atomic mass is 10.1. The van der Waals surface area contributed by atoms with E-state index in [4.69, 9.17) is 4.74 Å². The molecular weight excluding hydrogens is 334 g/mol. The van der Waals surface area contributed by atoms with Gasteiger partial charge in [0.25, 0.3) is 0 Å². The number of piperidine rings is 1. The number of anilines is 2. The highest BCUT2D eigenvalue weighted by molar-refractivity contribution is 9.10. The van der Waals surface area contributed by atoms with Gasteiger partial charge in [-0.25, -0.2) is 0 Å². The summed E-state index contributed by atoms with van der Waals surface area (Å²) in [5, 5.41) is 6.20. The molecule has 1 aliphatic rings. The maximum Gasteiger partial charge on any atom is 0.250 e. The fourth-order valence-electron chi connectivity index (χ4n) is 2.34. The zero-order valence-corrected chi connectivity index (χ0v) is 14.1. The predicted molar refractivity (Wildman–Crippen MR) is 88.9 cm³/mol. The fourth-order valence-corrected chi connectivity index (χ4v) is 2.70. The van der Waals surface area contributed by atoms with Gasteiger partial charge in [-0.1, -0.05) is 15.9 Å². The smallest absolute Gasteiger partial charge is 0.250 e. The number of rotatable bonds is 5. The first kappa shape index (κ1) is 16.3. The molecule has 1 saturated heterocycles. The Balaban J connectivity index is 1.91. The quantitative estimate of drug-likeness (QED) is 0.850. The van der Waals surface area contributed by atoms with E-state index in [0.717, 1.165) is 41.8 Å². The van der Waals surface area contributed by atoms with Gasteiger partial charge in [-0.15, -0.1) is 0 Å². The highest BCUT2D eigenvalue weighted by Crippen LogP contribution is 2.28. The fraction of sp³-hybridized carbons (Fsp3) is 0.533. The molecule has 0 unspecified atom stereocenters. The van der Waals surface area contributed by atoms with Crippen LogP contribution in [-0.2, 0) is 9.53 Å². The molecule has 5 nitrogen and oxygen atoms in total. The van der Waals surface area contributed by atoms with Crippen molar-refractivity contribution < 1.29 is 9.53 Å². The molecule has 21 heavy (non-hydrogen) atoms. The van der Waals surface area contributed by atoms with Gasteiger partial charge >= 0.3 is 0 Å². The Bertz CT molecular complexity index is 488. The van der Waals surface area contributed by atoms with Crippen LogP contribution in [0.2, 0.25) is 0 Å². The van der Waals surface area contributed by atoms with Crippen LogP contribution in [0.5, 0.6) is 0 Å². The number of nitrogens with one attached hydrogen (secondary N) is 2. The van der Waals surface area contributed by atoms with Crippen molar-refractivity contribution in [2.24, 2.45) is 0 Å². The van der Waals surface area contributed by atoms with Crippen molar-refractivity contribution in [2.45, 2.75) is 18.9 Å². The number of amides is 1. The van der Waals surface area contributed by atoms with Gasteiger partial charge in [0.1, 0.15) is 6.61 Å². The first-order chi connectivity index (χ1) is 10.1. The molecule has 0 bridgehead atoms. The van der Waals surface area contributed by atoms with Gasteiger partial charge in [-0.2, -0.15) is 0 Å². The average molecular weight is 356 g/mol. The van der Waals surface area contributed by atoms with Crippen LogP contribution < -0.4 is 15.5 Å². The summed E-state index contributed by atoms with van der Waals surface area (Å²) in [6.45, 7) is 2.02. The minimum absolute atomic E-state index is 0.101. The standard InChI is InChI=1S/C15H22BrN3O2/c1-19(2)14-4-3-11(16)9-13(14)18-15(20)10-21-12-5-7-17-8-6-12/h3-4,9,12,17H,5-8,10H2,1-2H3,(H,18,20). The highest BCUT2D eigenvalue weighted by Gasteiger charge is 2.15. The molecule has 1 aromatic carbocycles. The van der Waals surface area contributed by atoms with Crippen LogP contribution in [0.1, 0.15) is 12.8 Å². The first-order valence-electron chi connectivity index (χ1n) is 7.15. The maximum atomic E-state index is 12.1. The van der Waals surface area contributed by atoms with Gasteiger partial charge < -0.3 is 20.3 Å². The van der Waals surface area contributed by atoms with Crippen molar-refractivity contribution in [1.82, 2.24) is 5.32 Å². The molecule has 0 aromatic heterocycles. The van der Waals surface area contributed by atoms with E-state index in [9.17, 15) is 4.79 Å². The summed E-state index contributed by atoms with van der Waals surface area (Å²) in [5.74, 6) is -0.116. The van der Waals surface area contributed by atoms with Crippen LogP contribution in [-0.4, -0.2) is 45.8 Å². The molecule has 1 heterocycles. The van der Waals surface area contributed by atoms with Crippen LogP contribution in [0.15, 0.2) is 22.7 Å². The molecule has 0 aliphatic carbocycles. The zero-order chi connectivity index (χ0) is 15.2. The van der Waals surface area contributed by atoms with E-state index >= 15 is 0 Å². The summed E-state index contributed by atoms with van der Waals surface area (Å²) in [4.78, 5) is 14.0. The summed E-state index contributed by atoms with van der Waals surface area (Å²) in [6.07, 6.45) is 2.12. The van der Waals surface area contributed by atoms with Crippen LogP contribution >= 0.6 is 15.9 Å². The molecule has 0 saturated carbocycles. The Morgan fingerprint density at radius 1 is 1.43 bits per heavy atom. The van der Waals surface area contributed by atoms with Crippen molar-refractivity contribution in [3.8, 4) is 0 Å². The molecule has 1 amide bonds. The summed E-state index contributed by atoms with van der Waals surface area (Å²) in [5.41, 5.74) is 1.75. The molecule has 6 heteroatoms. The number of carbonyl (C=O) groups excluding carboxylic acids is 1. The molecular formula is C15H22BrN3O2. The minimum Gasteiger partial charge on any atom is -0.376 e. The van der Waals surface area contributed by atoms with E-state index in [1.54, 1.807) is 0 Å². The van der Waals surface area contributed by atoms with Crippen molar-refractivity contribution >= 4 is 33.2 Å². The SMILES string of the molecule is CN(C)c1ccc(Br)cc1NC(=O)COC1CCNCC1. The number of carbonyl (C=O) groups is 1. The van der Waals surface area contributed by atoms with E-state index in [2.05, 4.69) is 26.6 Å². The normalized spacial score (nSPS) is 15.8. The second kappa shape index (κ2) is 7.77. The van der Waals surface area contributed by atoms with Gasteiger partial charge in [0.15, 0.2) is 0 Å². The molecule has 1 fully saturated rings. The maximum absolute atomic E-state index is 12.1. The highest BCUT2D eigenvalue weighted by atomic mass is 79.9. The molecule has 1 aliphatic heterocycles. The lowest BCUT2D eigenvalue weighted by molar-refractivity contribution is -0.123. The average Bonchev–Trinajstić information content (AvgIpc) is 2.46. The van der Waals surface area contributed by atoms with Gasteiger partial charge in [0, 0.05) is 18.6 Å². The number of hydrogen-bond donors (Lipinski definition) is 2. The third-order valence-electron chi connectivity index (χ3n) is 3.45. The number of hydrogen-bond acceptors (Lipinski definition) is 4. The number of ether oxygens (including phenoxy) is 1. The summed E-state index contributed by atoms with van der Waals surface area (Å²) < 4.78 is 6.60. The second-order valence-corrected chi connectivity index (χ2v) is 6.28. The van der Waals surface area contributed by atoms with E-state index in [1.807, 2.05) is 37.2 Å². The minimum atomic E-state index is -0.116. The van der Waals surface area contributed by atoms with Gasteiger partial charge in [-0.05, 0) is 44.1 Å². The monoisotopic (exact) mass is 355 g/mol. The number of halogens is 1. The van der Waals surface area contributed by atoms with E-state index < -0.39 is 0 Å².